The van der Waals surface area contributed by atoms with E-state index in [2.05, 4.69) is 0 Å². The van der Waals surface area contributed by atoms with Crippen LogP contribution in [0, 0.1) is 6.92 Å². The number of phenols is 1. The van der Waals surface area contributed by atoms with Crippen molar-refractivity contribution in [2.24, 2.45) is 0 Å². The second-order valence-corrected chi connectivity index (χ2v) is 7.00. The van der Waals surface area contributed by atoms with Crippen molar-refractivity contribution in [1.82, 2.24) is 0 Å². The van der Waals surface area contributed by atoms with E-state index in [1.807, 2.05) is 6.92 Å². The van der Waals surface area contributed by atoms with Gasteiger partial charge >= 0.3 is 5.97 Å². The summed E-state index contributed by atoms with van der Waals surface area (Å²) in [7, 11) is 1.44. The van der Waals surface area contributed by atoms with Gasteiger partial charge in [0.25, 0.3) is 0 Å². The molecule has 142 valence electrons. The quantitative estimate of drug-likeness (QED) is 0.796. The first kappa shape index (κ1) is 18.8. The van der Waals surface area contributed by atoms with Gasteiger partial charge in [-0.05, 0) is 50.6 Å². The third-order valence-electron chi connectivity index (χ3n) is 4.09. The third kappa shape index (κ3) is 3.90. The van der Waals surface area contributed by atoms with Gasteiger partial charge in [-0.25, -0.2) is 4.79 Å². The molecule has 0 aromatic heterocycles. The molecule has 0 atom stereocenters. The molecule has 6 heteroatoms. The molecule has 0 amide bonds. The van der Waals surface area contributed by atoms with Gasteiger partial charge in [0.1, 0.15) is 23.7 Å². The number of aromatic hydroxyl groups is 1. The van der Waals surface area contributed by atoms with Gasteiger partial charge in [0.05, 0.1) is 12.7 Å². The summed E-state index contributed by atoms with van der Waals surface area (Å²) in [5.41, 5.74) is 1.11. The molecule has 0 aliphatic carbocycles. The number of hydrogen-bond acceptors (Lipinski definition) is 6. The molecule has 2 aromatic rings. The maximum absolute atomic E-state index is 12.7. The number of cyclic esters (lactones) is 1. The fraction of sp³-hybridized carbons (Fsp3) is 0.286. The average molecular weight is 370 g/mol. The number of phenolic OH excluding ortho intramolecular Hbond substituents is 1. The fourth-order valence-electron chi connectivity index (χ4n) is 2.88. The van der Waals surface area contributed by atoms with E-state index in [1.165, 1.54) is 7.11 Å². The molecule has 2 N–H and O–H groups in total. The zero-order chi connectivity index (χ0) is 19.8. The highest BCUT2D eigenvalue weighted by Crippen LogP contribution is 2.42. The van der Waals surface area contributed by atoms with Gasteiger partial charge in [0, 0.05) is 11.1 Å². The molecule has 1 aliphatic rings. The number of esters is 1. The Labute approximate surface area is 157 Å². The minimum atomic E-state index is -1.02. The Morgan fingerprint density at radius 2 is 2.00 bits per heavy atom. The molecule has 27 heavy (non-hydrogen) atoms. The molecule has 2 aromatic carbocycles. The first-order valence-corrected chi connectivity index (χ1v) is 8.49. The van der Waals surface area contributed by atoms with Crippen molar-refractivity contribution >= 4 is 12.0 Å². The van der Waals surface area contributed by atoms with E-state index < -0.39 is 11.6 Å². The SMILES string of the molecule is COc1c(C=CC(C)(C)O)ccc2c1C(=O)OCc1cc(C)cc(O)c1O2. The number of fused-ring (bicyclic) bond motifs is 2. The van der Waals surface area contributed by atoms with Crippen LogP contribution in [0.4, 0.5) is 0 Å². The van der Waals surface area contributed by atoms with Gasteiger partial charge in [0.15, 0.2) is 11.5 Å². The molecule has 0 radical (unpaired) electrons. The normalized spacial score (nSPS) is 13.9. The summed E-state index contributed by atoms with van der Waals surface area (Å²) in [6.45, 7) is 5.08. The molecule has 6 nitrogen and oxygen atoms in total. The molecular weight excluding hydrogens is 348 g/mol. The van der Waals surface area contributed by atoms with Crippen molar-refractivity contribution in [3.05, 3.63) is 52.6 Å². The second-order valence-electron chi connectivity index (χ2n) is 7.00. The van der Waals surface area contributed by atoms with Crippen LogP contribution in [0.5, 0.6) is 23.0 Å². The molecular formula is C21H22O6. The number of carbonyl (C=O) groups excluding carboxylic acids is 1. The molecule has 1 aliphatic heterocycles. The van der Waals surface area contributed by atoms with E-state index in [1.54, 1.807) is 50.3 Å². The lowest BCUT2D eigenvalue weighted by atomic mass is 10.0. The smallest absolute Gasteiger partial charge is 0.346 e. The first-order chi connectivity index (χ1) is 12.7. The summed E-state index contributed by atoms with van der Waals surface area (Å²) in [6.07, 6.45) is 3.26. The molecule has 0 unspecified atom stereocenters. The maximum Gasteiger partial charge on any atom is 0.346 e. The highest BCUT2D eigenvalue weighted by atomic mass is 16.5. The molecule has 0 spiro atoms. The van der Waals surface area contributed by atoms with Gasteiger partial charge in [0.2, 0.25) is 0 Å². The Morgan fingerprint density at radius 1 is 1.26 bits per heavy atom. The number of rotatable bonds is 3. The van der Waals surface area contributed by atoms with Crippen LogP contribution < -0.4 is 9.47 Å². The summed E-state index contributed by atoms with van der Waals surface area (Å²) in [5, 5.41) is 20.2. The van der Waals surface area contributed by atoms with Crippen LogP contribution in [0.3, 0.4) is 0 Å². The Morgan fingerprint density at radius 3 is 2.67 bits per heavy atom. The van der Waals surface area contributed by atoms with Crippen molar-refractivity contribution in [1.29, 1.82) is 0 Å². The maximum atomic E-state index is 12.7. The number of aliphatic hydroxyl groups is 1. The Kier molecular flexibility index (Phi) is 4.85. The summed E-state index contributed by atoms with van der Waals surface area (Å²) < 4.78 is 16.7. The summed E-state index contributed by atoms with van der Waals surface area (Å²) in [5.74, 6) is 0.118. The molecule has 0 bridgehead atoms. The van der Waals surface area contributed by atoms with Crippen LogP contribution in [0.2, 0.25) is 0 Å². The first-order valence-electron chi connectivity index (χ1n) is 8.49. The van der Waals surface area contributed by atoms with Gasteiger partial charge in [-0.3, -0.25) is 0 Å². The number of aryl methyl sites for hydroxylation is 1. The standard InChI is InChI=1S/C21H22O6/c1-12-9-14-11-26-20(23)17-16(27-18(14)15(22)10-12)6-5-13(19(17)25-4)7-8-21(2,3)24/h5-10,22,24H,11H2,1-4H3. The molecule has 0 fully saturated rings. The summed E-state index contributed by atoms with van der Waals surface area (Å²) in [4.78, 5) is 12.7. The third-order valence-corrected chi connectivity index (χ3v) is 4.09. The predicted octanol–water partition coefficient (Wildman–Crippen LogP) is 3.96. The highest BCUT2D eigenvalue weighted by molar-refractivity contribution is 5.97. The van der Waals surface area contributed by atoms with Crippen LogP contribution in [-0.4, -0.2) is 28.9 Å². The van der Waals surface area contributed by atoms with E-state index in [-0.39, 0.29) is 35.2 Å². The van der Waals surface area contributed by atoms with Crippen LogP contribution in [0.25, 0.3) is 6.08 Å². The minimum Gasteiger partial charge on any atom is -0.504 e. The van der Waals surface area contributed by atoms with Crippen LogP contribution >= 0.6 is 0 Å². The van der Waals surface area contributed by atoms with Gasteiger partial charge < -0.3 is 24.4 Å². The zero-order valence-corrected chi connectivity index (χ0v) is 15.7. The van der Waals surface area contributed by atoms with Crippen molar-refractivity contribution < 1.29 is 29.2 Å². The Hall–Kier alpha value is -2.99. The lowest BCUT2D eigenvalue weighted by Gasteiger charge is -2.21. The largest absolute Gasteiger partial charge is 0.504 e. The van der Waals surface area contributed by atoms with E-state index >= 15 is 0 Å². The molecule has 0 saturated carbocycles. The fourth-order valence-corrected chi connectivity index (χ4v) is 2.88. The van der Waals surface area contributed by atoms with Crippen molar-refractivity contribution in [2.45, 2.75) is 33.0 Å². The number of carbonyl (C=O) groups is 1. The van der Waals surface area contributed by atoms with Crippen LogP contribution in [0.1, 0.15) is 40.9 Å². The monoisotopic (exact) mass is 370 g/mol. The van der Waals surface area contributed by atoms with E-state index in [4.69, 9.17) is 14.2 Å². The van der Waals surface area contributed by atoms with Crippen LogP contribution in [-0.2, 0) is 11.3 Å². The summed E-state index contributed by atoms with van der Waals surface area (Å²) in [6, 6.07) is 6.70. The van der Waals surface area contributed by atoms with E-state index in [0.29, 0.717) is 11.1 Å². The second kappa shape index (κ2) is 6.96. The van der Waals surface area contributed by atoms with Crippen molar-refractivity contribution in [3.8, 4) is 23.0 Å². The molecule has 3 rings (SSSR count). The molecule has 0 saturated heterocycles. The van der Waals surface area contributed by atoms with Gasteiger partial charge in [-0.1, -0.05) is 12.2 Å². The average Bonchev–Trinajstić information content (AvgIpc) is 2.58. The number of benzene rings is 2. The summed E-state index contributed by atoms with van der Waals surface area (Å²) >= 11 is 0. The highest BCUT2D eigenvalue weighted by Gasteiger charge is 2.27. The predicted molar refractivity (Wildman–Crippen MR) is 100 cm³/mol. The van der Waals surface area contributed by atoms with E-state index in [0.717, 1.165) is 5.56 Å². The molecule has 1 heterocycles. The Balaban J connectivity index is 2.15. The van der Waals surface area contributed by atoms with E-state index in [9.17, 15) is 15.0 Å². The number of methoxy groups -OCH3 is 1. The number of ether oxygens (including phenoxy) is 3. The topological polar surface area (TPSA) is 85.2 Å². The Bertz CT molecular complexity index is 921. The minimum absolute atomic E-state index is 0.0288. The van der Waals surface area contributed by atoms with Crippen LogP contribution in [0.15, 0.2) is 30.3 Å². The zero-order valence-electron chi connectivity index (χ0n) is 15.7. The number of hydrogen-bond donors (Lipinski definition) is 2. The van der Waals surface area contributed by atoms with Crippen molar-refractivity contribution in [2.75, 3.05) is 7.11 Å². The lowest BCUT2D eigenvalue weighted by molar-refractivity contribution is 0.0454. The van der Waals surface area contributed by atoms with Gasteiger partial charge in [-0.15, -0.1) is 0 Å². The van der Waals surface area contributed by atoms with Gasteiger partial charge in [-0.2, -0.15) is 0 Å². The lowest BCUT2D eigenvalue weighted by Crippen LogP contribution is -2.14. The van der Waals surface area contributed by atoms with Crippen molar-refractivity contribution in [3.63, 3.8) is 0 Å².